The van der Waals surface area contributed by atoms with Gasteiger partial charge in [0.15, 0.2) is 5.78 Å². The van der Waals surface area contributed by atoms with Crippen LogP contribution in [-0.2, 0) is 12.8 Å². The first-order valence-corrected chi connectivity index (χ1v) is 7.38. The average molecular weight is 333 g/mol. The van der Waals surface area contributed by atoms with Gasteiger partial charge in [-0.3, -0.25) is 4.79 Å². The summed E-state index contributed by atoms with van der Waals surface area (Å²) in [6.07, 6.45) is 1.23. The average Bonchev–Trinajstić information content (AvgIpc) is 2.49. The summed E-state index contributed by atoms with van der Waals surface area (Å²) in [4.78, 5) is 12.5. The van der Waals surface area contributed by atoms with Crippen LogP contribution in [0.3, 0.4) is 0 Å². The molecule has 0 aliphatic carbocycles. The number of methoxy groups -OCH3 is 1. The summed E-state index contributed by atoms with van der Waals surface area (Å²) in [6.45, 7) is 2.06. The van der Waals surface area contributed by atoms with E-state index in [0.717, 1.165) is 33.3 Å². The van der Waals surface area contributed by atoms with E-state index in [1.165, 1.54) is 0 Å². The Bertz CT molecular complexity index is 620. The van der Waals surface area contributed by atoms with Gasteiger partial charge in [0.2, 0.25) is 0 Å². The second-order valence-corrected chi connectivity index (χ2v) is 5.42. The summed E-state index contributed by atoms with van der Waals surface area (Å²) in [5.74, 6) is 0.899. The van der Waals surface area contributed by atoms with Gasteiger partial charge in [0.1, 0.15) is 5.75 Å². The van der Waals surface area contributed by atoms with Crippen molar-refractivity contribution in [2.75, 3.05) is 7.11 Å². The molecule has 0 aromatic heterocycles. The Morgan fingerprint density at radius 1 is 1.15 bits per heavy atom. The molecule has 0 saturated carbocycles. The van der Waals surface area contributed by atoms with Gasteiger partial charge in [-0.2, -0.15) is 0 Å². The zero-order valence-electron chi connectivity index (χ0n) is 11.7. The molecule has 0 bridgehead atoms. The van der Waals surface area contributed by atoms with E-state index in [-0.39, 0.29) is 5.78 Å². The highest BCUT2D eigenvalue weighted by molar-refractivity contribution is 9.10. The van der Waals surface area contributed by atoms with Gasteiger partial charge in [0.25, 0.3) is 0 Å². The van der Waals surface area contributed by atoms with Crippen molar-refractivity contribution in [2.45, 2.75) is 19.8 Å². The lowest BCUT2D eigenvalue weighted by molar-refractivity contribution is 0.0992. The minimum atomic E-state index is 0.136. The number of rotatable bonds is 5. The molecule has 0 fully saturated rings. The second-order valence-electron chi connectivity index (χ2n) is 4.57. The third-order valence-electron chi connectivity index (χ3n) is 3.30. The normalized spacial score (nSPS) is 10.3. The highest BCUT2D eigenvalue weighted by Gasteiger charge is 2.13. The van der Waals surface area contributed by atoms with E-state index >= 15 is 0 Å². The number of hydrogen-bond donors (Lipinski definition) is 0. The molecule has 2 aromatic rings. The fourth-order valence-electron chi connectivity index (χ4n) is 2.18. The summed E-state index contributed by atoms with van der Waals surface area (Å²) in [5.41, 5.74) is 2.85. The quantitative estimate of drug-likeness (QED) is 0.756. The Morgan fingerprint density at radius 3 is 2.60 bits per heavy atom. The van der Waals surface area contributed by atoms with Crippen LogP contribution in [0.2, 0.25) is 0 Å². The van der Waals surface area contributed by atoms with Crippen LogP contribution in [-0.4, -0.2) is 12.9 Å². The van der Waals surface area contributed by atoms with Crippen molar-refractivity contribution in [3.63, 3.8) is 0 Å². The lowest BCUT2D eigenvalue weighted by Gasteiger charge is -2.09. The van der Waals surface area contributed by atoms with E-state index in [9.17, 15) is 4.79 Å². The lowest BCUT2D eigenvalue weighted by Crippen LogP contribution is -2.07. The van der Waals surface area contributed by atoms with Crippen molar-refractivity contribution < 1.29 is 9.53 Å². The first kappa shape index (κ1) is 14.8. The summed E-state index contributed by atoms with van der Waals surface area (Å²) >= 11 is 3.49. The van der Waals surface area contributed by atoms with E-state index in [2.05, 4.69) is 22.9 Å². The molecule has 0 atom stereocenters. The molecule has 2 rings (SSSR count). The van der Waals surface area contributed by atoms with Gasteiger partial charge in [-0.05, 0) is 35.7 Å². The number of Topliss-reactive ketones (excluding diaryl/α,β-unsaturated/α-hetero) is 1. The molecule has 3 heteroatoms. The van der Waals surface area contributed by atoms with Crippen LogP contribution in [0.4, 0.5) is 0 Å². The van der Waals surface area contributed by atoms with Crippen LogP contribution >= 0.6 is 15.9 Å². The molecular formula is C17H17BrO2. The maximum Gasteiger partial charge on any atom is 0.167 e. The van der Waals surface area contributed by atoms with Crippen LogP contribution in [0.25, 0.3) is 0 Å². The van der Waals surface area contributed by atoms with E-state index in [0.29, 0.717) is 6.42 Å². The molecule has 2 aromatic carbocycles. The molecule has 0 saturated heterocycles. The molecule has 0 heterocycles. The van der Waals surface area contributed by atoms with Crippen molar-refractivity contribution in [1.82, 2.24) is 0 Å². The number of carbonyl (C=O) groups excluding carboxylic acids is 1. The minimum Gasteiger partial charge on any atom is -0.497 e. The van der Waals surface area contributed by atoms with E-state index in [1.807, 2.05) is 42.5 Å². The SMILES string of the molecule is CCc1ccccc1C(=O)Cc1cc(OC)ccc1Br. The number of halogens is 1. The standard InChI is InChI=1S/C17H17BrO2/c1-3-12-6-4-5-7-15(12)17(19)11-13-10-14(20-2)8-9-16(13)18/h4-10H,3,11H2,1-2H3. The molecule has 0 aliphatic heterocycles. The Morgan fingerprint density at radius 2 is 1.90 bits per heavy atom. The van der Waals surface area contributed by atoms with Crippen molar-refractivity contribution in [1.29, 1.82) is 0 Å². The fraction of sp³-hybridized carbons (Fsp3) is 0.235. The third kappa shape index (κ3) is 3.28. The van der Waals surface area contributed by atoms with Gasteiger partial charge in [-0.15, -0.1) is 0 Å². The molecule has 0 spiro atoms. The summed E-state index contributed by atoms with van der Waals surface area (Å²) in [7, 11) is 1.63. The monoisotopic (exact) mass is 332 g/mol. The zero-order valence-corrected chi connectivity index (χ0v) is 13.2. The van der Waals surface area contributed by atoms with Gasteiger partial charge in [0.05, 0.1) is 7.11 Å². The molecule has 0 unspecified atom stereocenters. The number of hydrogen-bond acceptors (Lipinski definition) is 2. The maximum atomic E-state index is 12.5. The Labute approximate surface area is 127 Å². The van der Waals surface area contributed by atoms with Gasteiger partial charge in [0, 0.05) is 16.5 Å². The van der Waals surface area contributed by atoms with Crippen LogP contribution in [0.5, 0.6) is 5.75 Å². The van der Waals surface area contributed by atoms with Crippen LogP contribution in [0.15, 0.2) is 46.9 Å². The smallest absolute Gasteiger partial charge is 0.167 e. The molecule has 0 aliphatic rings. The van der Waals surface area contributed by atoms with Crippen LogP contribution < -0.4 is 4.74 Å². The number of benzene rings is 2. The largest absolute Gasteiger partial charge is 0.497 e. The molecular weight excluding hydrogens is 316 g/mol. The highest BCUT2D eigenvalue weighted by Crippen LogP contribution is 2.24. The third-order valence-corrected chi connectivity index (χ3v) is 4.08. The first-order valence-electron chi connectivity index (χ1n) is 6.59. The number of carbonyl (C=O) groups is 1. The molecule has 0 amide bonds. The lowest BCUT2D eigenvalue weighted by atomic mass is 9.97. The minimum absolute atomic E-state index is 0.136. The Balaban J connectivity index is 2.27. The predicted molar refractivity (Wildman–Crippen MR) is 84.5 cm³/mol. The van der Waals surface area contributed by atoms with Crippen molar-refractivity contribution in [2.24, 2.45) is 0 Å². The first-order chi connectivity index (χ1) is 9.65. The van der Waals surface area contributed by atoms with Crippen LogP contribution in [0, 0.1) is 0 Å². The predicted octanol–water partition coefficient (Wildman–Crippen LogP) is 4.45. The zero-order chi connectivity index (χ0) is 14.5. The topological polar surface area (TPSA) is 26.3 Å². The van der Waals surface area contributed by atoms with E-state index in [4.69, 9.17) is 4.74 Å². The van der Waals surface area contributed by atoms with Gasteiger partial charge < -0.3 is 4.74 Å². The fourth-order valence-corrected chi connectivity index (χ4v) is 2.57. The number of ketones is 1. The molecule has 0 N–H and O–H groups in total. The maximum absolute atomic E-state index is 12.5. The number of ether oxygens (including phenoxy) is 1. The van der Waals surface area contributed by atoms with Gasteiger partial charge >= 0.3 is 0 Å². The van der Waals surface area contributed by atoms with Crippen molar-refractivity contribution in [3.05, 3.63) is 63.6 Å². The molecule has 0 radical (unpaired) electrons. The van der Waals surface area contributed by atoms with Gasteiger partial charge in [-0.1, -0.05) is 47.1 Å². The summed E-state index contributed by atoms with van der Waals surface area (Å²) < 4.78 is 6.14. The van der Waals surface area contributed by atoms with E-state index in [1.54, 1.807) is 7.11 Å². The van der Waals surface area contributed by atoms with Crippen molar-refractivity contribution >= 4 is 21.7 Å². The van der Waals surface area contributed by atoms with Gasteiger partial charge in [-0.25, -0.2) is 0 Å². The highest BCUT2D eigenvalue weighted by atomic mass is 79.9. The summed E-state index contributed by atoms with van der Waals surface area (Å²) in [5, 5.41) is 0. The number of aryl methyl sites for hydroxylation is 1. The Hall–Kier alpha value is -1.61. The van der Waals surface area contributed by atoms with E-state index < -0.39 is 0 Å². The summed E-state index contributed by atoms with van der Waals surface area (Å²) in [6, 6.07) is 13.5. The molecule has 2 nitrogen and oxygen atoms in total. The Kier molecular flexibility index (Phi) is 4.96. The van der Waals surface area contributed by atoms with Crippen molar-refractivity contribution in [3.8, 4) is 5.75 Å². The second kappa shape index (κ2) is 6.71. The van der Waals surface area contributed by atoms with Crippen LogP contribution in [0.1, 0.15) is 28.4 Å². The molecule has 104 valence electrons. The molecule has 20 heavy (non-hydrogen) atoms.